The van der Waals surface area contributed by atoms with Crippen molar-refractivity contribution in [3.05, 3.63) is 57.0 Å². The largest absolute Gasteiger partial charge is 0.487 e. The molecule has 2 aromatic carbocycles. The van der Waals surface area contributed by atoms with E-state index >= 15 is 0 Å². The van der Waals surface area contributed by atoms with Gasteiger partial charge in [-0.15, -0.1) is 0 Å². The summed E-state index contributed by atoms with van der Waals surface area (Å²) >= 11 is 9.44. The molecule has 0 aliphatic rings. The molecule has 0 spiro atoms. The zero-order valence-electron chi connectivity index (χ0n) is 9.91. The molecule has 2 rings (SSSR count). The lowest BCUT2D eigenvalue weighted by atomic mass is 10.2. The van der Waals surface area contributed by atoms with E-state index < -0.39 is 0 Å². The number of hydrogen-bond acceptors (Lipinski definition) is 2. The van der Waals surface area contributed by atoms with Crippen LogP contribution in [0, 0.1) is 6.92 Å². The van der Waals surface area contributed by atoms with E-state index in [4.69, 9.17) is 22.1 Å². The molecule has 0 saturated heterocycles. The first kappa shape index (κ1) is 13.2. The normalized spacial score (nSPS) is 10.4. The van der Waals surface area contributed by atoms with Gasteiger partial charge >= 0.3 is 0 Å². The third-order valence-electron chi connectivity index (χ3n) is 2.58. The number of nitrogens with two attached hydrogens (primary N) is 1. The zero-order chi connectivity index (χ0) is 13.1. The molecule has 0 bridgehead atoms. The molecule has 0 amide bonds. The molecule has 0 aliphatic carbocycles. The Morgan fingerprint density at radius 1 is 1.22 bits per heavy atom. The molecule has 0 atom stereocenters. The van der Waals surface area contributed by atoms with Gasteiger partial charge in [0.1, 0.15) is 12.4 Å². The molecule has 2 aromatic rings. The second kappa shape index (κ2) is 5.63. The van der Waals surface area contributed by atoms with Gasteiger partial charge in [0.05, 0.1) is 5.02 Å². The Morgan fingerprint density at radius 2 is 2.00 bits per heavy atom. The van der Waals surface area contributed by atoms with Gasteiger partial charge in [-0.2, -0.15) is 0 Å². The molecule has 0 unspecified atom stereocenters. The molecule has 0 heterocycles. The van der Waals surface area contributed by atoms with E-state index in [-0.39, 0.29) is 0 Å². The van der Waals surface area contributed by atoms with Crippen LogP contribution in [0.3, 0.4) is 0 Å². The Labute approximate surface area is 120 Å². The summed E-state index contributed by atoms with van der Waals surface area (Å²) in [6.45, 7) is 2.40. The SMILES string of the molecule is Cc1ccc(Cl)c(OCc2ccc(Br)cc2N)c1. The number of anilines is 1. The molecule has 4 heteroatoms. The van der Waals surface area contributed by atoms with Crippen LogP contribution in [-0.4, -0.2) is 0 Å². The number of aryl methyl sites for hydroxylation is 1. The standard InChI is InChI=1S/C14H13BrClNO/c1-9-2-5-12(16)14(6-9)18-8-10-3-4-11(15)7-13(10)17/h2-7H,8,17H2,1H3. The quantitative estimate of drug-likeness (QED) is 0.838. The van der Waals surface area contributed by atoms with Crippen LogP contribution in [0.2, 0.25) is 5.02 Å². The van der Waals surface area contributed by atoms with Crippen molar-refractivity contribution in [1.82, 2.24) is 0 Å². The Hall–Kier alpha value is -1.19. The third kappa shape index (κ3) is 3.18. The van der Waals surface area contributed by atoms with Crippen LogP contribution in [0.5, 0.6) is 5.75 Å². The fraction of sp³-hybridized carbons (Fsp3) is 0.143. The average Bonchev–Trinajstić information content (AvgIpc) is 2.32. The lowest BCUT2D eigenvalue weighted by Gasteiger charge is -2.10. The van der Waals surface area contributed by atoms with Gasteiger partial charge in [0.25, 0.3) is 0 Å². The van der Waals surface area contributed by atoms with Crippen LogP contribution >= 0.6 is 27.5 Å². The molecule has 94 valence electrons. The molecule has 2 nitrogen and oxygen atoms in total. The second-order valence-electron chi connectivity index (χ2n) is 4.07. The molecule has 0 radical (unpaired) electrons. The Morgan fingerprint density at radius 3 is 2.72 bits per heavy atom. The number of ether oxygens (including phenoxy) is 1. The van der Waals surface area contributed by atoms with Gasteiger partial charge in [0.15, 0.2) is 0 Å². The van der Waals surface area contributed by atoms with E-state index in [0.717, 1.165) is 15.6 Å². The van der Waals surface area contributed by atoms with E-state index in [1.165, 1.54) is 0 Å². The van der Waals surface area contributed by atoms with Crippen LogP contribution < -0.4 is 10.5 Å². The molecule has 0 fully saturated rings. The highest BCUT2D eigenvalue weighted by Gasteiger charge is 2.04. The number of hydrogen-bond donors (Lipinski definition) is 1. The van der Waals surface area contributed by atoms with Crippen molar-refractivity contribution in [2.24, 2.45) is 0 Å². The van der Waals surface area contributed by atoms with Crippen molar-refractivity contribution in [2.45, 2.75) is 13.5 Å². The summed E-state index contributed by atoms with van der Waals surface area (Å²) in [4.78, 5) is 0. The predicted octanol–water partition coefficient (Wildman–Crippen LogP) is 4.57. The summed E-state index contributed by atoms with van der Waals surface area (Å²) in [5.74, 6) is 0.680. The van der Waals surface area contributed by atoms with Crippen molar-refractivity contribution in [2.75, 3.05) is 5.73 Å². The summed E-state index contributed by atoms with van der Waals surface area (Å²) in [7, 11) is 0. The van der Waals surface area contributed by atoms with Crippen molar-refractivity contribution in [3.63, 3.8) is 0 Å². The van der Waals surface area contributed by atoms with Gasteiger partial charge in [-0.3, -0.25) is 0 Å². The van der Waals surface area contributed by atoms with Gasteiger partial charge in [0.2, 0.25) is 0 Å². The van der Waals surface area contributed by atoms with Crippen LogP contribution in [0.15, 0.2) is 40.9 Å². The Kier molecular flexibility index (Phi) is 4.15. The highest BCUT2D eigenvalue weighted by Crippen LogP contribution is 2.27. The number of rotatable bonds is 3. The number of halogens is 2. The second-order valence-corrected chi connectivity index (χ2v) is 5.39. The maximum Gasteiger partial charge on any atom is 0.138 e. The van der Waals surface area contributed by atoms with Gasteiger partial charge in [-0.25, -0.2) is 0 Å². The van der Waals surface area contributed by atoms with Crippen LogP contribution in [-0.2, 0) is 6.61 Å². The first-order chi connectivity index (χ1) is 8.56. The molecular weight excluding hydrogens is 314 g/mol. The molecule has 0 aromatic heterocycles. The first-order valence-corrected chi connectivity index (χ1v) is 6.66. The fourth-order valence-corrected chi connectivity index (χ4v) is 2.12. The predicted molar refractivity (Wildman–Crippen MR) is 79.1 cm³/mol. The van der Waals surface area contributed by atoms with Crippen molar-refractivity contribution >= 4 is 33.2 Å². The first-order valence-electron chi connectivity index (χ1n) is 5.49. The van der Waals surface area contributed by atoms with E-state index in [9.17, 15) is 0 Å². The molecular formula is C14H13BrClNO. The maximum atomic E-state index is 6.06. The highest BCUT2D eigenvalue weighted by atomic mass is 79.9. The lowest BCUT2D eigenvalue weighted by Crippen LogP contribution is -2.00. The lowest BCUT2D eigenvalue weighted by molar-refractivity contribution is 0.307. The van der Waals surface area contributed by atoms with E-state index in [0.29, 0.717) is 23.1 Å². The number of nitrogen functional groups attached to an aromatic ring is 1. The highest BCUT2D eigenvalue weighted by molar-refractivity contribution is 9.10. The molecule has 0 saturated carbocycles. The smallest absolute Gasteiger partial charge is 0.138 e. The summed E-state index contributed by atoms with van der Waals surface area (Å²) in [5, 5.41) is 0.608. The minimum absolute atomic E-state index is 0.405. The summed E-state index contributed by atoms with van der Waals surface area (Å²) in [5.41, 5.74) is 8.66. The van der Waals surface area contributed by atoms with Crippen molar-refractivity contribution in [1.29, 1.82) is 0 Å². The van der Waals surface area contributed by atoms with Gasteiger partial charge in [0, 0.05) is 15.7 Å². The summed E-state index contributed by atoms with van der Waals surface area (Å²) in [6, 6.07) is 11.4. The third-order valence-corrected chi connectivity index (χ3v) is 3.38. The van der Waals surface area contributed by atoms with E-state index in [1.54, 1.807) is 0 Å². The number of benzene rings is 2. The molecule has 0 aliphatic heterocycles. The summed E-state index contributed by atoms with van der Waals surface area (Å²) in [6.07, 6.45) is 0. The van der Waals surface area contributed by atoms with Gasteiger partial charge in [-0.05, 0) is 36.8 Å². The Bertz CT molecular complexity index is 572. The molecule has 18 heavy (non-hydrogen) atoms. The van der Waals surface area contributed by atoms with Gasteiger partial charge in [-0.1, -0.05) is 39.7 Å². The minimum atomic E-state index is 0.405. The van der Waals surface area contributed by atoms with Crippen LogP contribution in [0.1, 0.15) is 11.1 Å². The van der Waals surface area contributed by atoms with E-state index in [2.05, 4.69) is 15.9 Å². The van der Waals surface area contributed by atoms with Crippen LogP contribution in [0.4, 0.5) is 5.69 Å². The van der Waals surface area contributed by atoms with Gasteiger partial charge < -0.3 is 10.5 Å². The van der Waals surface area contributed by atoms with E-state index in [1.807, 2.05) is 43.3 Å². The minimum Gasteiger partial charge on any atom is -0.487 e. The average molecular weight is 327 g/mol. The van der Waals surface area contributed by atoms with Crippen molar-refractivity contribution < 1.29 is 4.74 Å². The monoisotopic (exact) mass is 325 g/mol. The van der Waals surface area contributed by atoms with Crippen molar-refractivity contribution in [3.8, 4) is 5.75 Å². The topological polar surface area (TPSA) is 35.2 Å². The zero-order valence-corrected chi connectivity index (χ0v) is 12.3. The fourth-order valence-electron chi connectivity index (χ4n) is 1.57. The van der Waals surface area contributed by atoms with Crippen LogP contribution in [0.25, 0.3) is 0 Å². The maximum absolute atomic E-state index is 6.06. The Balaban J connectivity index is 2.13. The molecule has 2 N–H and O–H groups in total. The summed E-state index contributed by atoms with van der Waals surface area (Å²) < 4.78 is 6.65.